The fraction of sp³-hybridized carbons (Fsp3) is 0.562. The number of carbonyl (C=O) groups is 1. The summed E-state index contributed by atoms with van der Waals surface area (Å²) in [5.41, 5.74) is 7.01. The number of ether oxygens (including phenoxy) is 2. The molecule has 0 saturated carbocycles. The zero-order valence-corrected chi connectivity index (χ0v) is 14.0. The molecule has 4 rings (SSSR count). The van der Waals surface area contributed by atoms with Gasteiger partial charge in [0.2, 0.25) is 0 Å². The van der Waals surface area contributed by atoms with E-state index in [1.807, 2.05) is 0 Å². The van der Waals surface area contributed by atoms with Crippen LogP contribution in [0.4, 0.5) is 13.6 Å². The Balaban J connectivity index is 1.60. The molecule has 0 radical (unpaired) electrons. The molecule has 0 spiro atoms. The number of urea groups is 1. The average Bonchev–Trinajstić information content (AvgIpc) is 3.11. The number of likely N-dealkylation sites (tertiary alicyclic amines) is 1. The summed E-state index contributed by atoms with van der Waals surface area (Å²) in [6, 6.07) is 4.73. The predicted molar refractivity (Wildman–Crippen MR) is 84.2 cm³/mol. The van der Waals surface area contributed by atoms with E-state index in [0.717, 1.165) is 6.42 Å². The molecule has 3 heterocycles. The predicted octanol–water partition coefficient (Wildman–Crippen LogP) is 1.53. The number of hydrogen-bond donors (Lipinski definition) is 2. The monoisotopic (exact) mass is 354 g/mol. The minimum atomic E-state index is -3.65. The van der Waals surface area contributed by atoms with Crippen LogP contribution in [0.25, 0.3) is 0 Å². The van der Waals surface area contributed by atoms with Crippen molar-refractivity contribution in [1.82, 2.24) is 20.7 Å². The second-order valence-electron chi connectivity index (χ2n) is 6.79. The van der Waals surface area contributed by atoms with Crippen LogP contribution in [0.15, 0.2) is 18.2 Å². The van der Waals surface area contributed by atoms with Crippen molar-refractivity contribution in [3.8, 4) is 11.5 Å². The molecule has 3 aliphatic rings. The summed E-state index contributed by atoms with van der Waals surface area (Å²) in [6.07, 6.45) is -2.86. The van der Waals surface area contributed by atoms with Crippen molar-refractivity contribution in [1.29, 1.82) is 0 Å². The van der Waals surface area contributed by atoms with E-state index in [2.05, 4.69) is 15.6 Å². The summed E-state index contributed by atoms with van der Waals surface area (Å²) >= 11 is 0. The van der Waals surface area contributed by atoms with Gasteiger partial charge in [0.25, 0.3) is 0 Å². The molecule has 3 atom stereocenters. The molecule has 1 aromatic rings. The van der Waals surface area contributed by atoms with Crippen LogP contribution in [0.1, 0.15) is 18.0 Å². The first-order valence-corrected chi connectivity index (χ1v) is 8.22. The van der Waals surface area contributed by atoms with Gasteiger partial charge < -0.3 is 19.3 Å². The third kappa shape index (κ3) is 2.77. The third-order valence-electron chi connectivity index (χ3n) is 4.96. The largest absolute Gasteiger partial charge is 0.586 e. The molecule has 25 heavy (non-hydrogen) atoms. The van der Waals surface area contributed by atoms with Crippen molar-refractivity contribution in [3.63, 3.8) is 0 Å². The van der Waals surface area contributed by atoms with E-state index in [0.29, 0.717) is 18.7 Å². The summed E-state index contributed by atoms with van der Waals surface area (Å²) in [5.74, 6) is 0.135. The lowest BCUT2D eigenvalue weighted by molar-refractivity contribution is -0.287. The molecular weight excluding hydrogens is 334 g/mol. The van der Waals surface area contributed by atoms with Crippen molar-refractivity contribution >= 4 is 6.03 Å². The SMILES string of the molecule is CN(C)C(=O)N1CCC2NNC(c3cccc4c3OC(F)(F)O4)C2C1. The van der Waals surface area contributed by atoms with E-state index >= 15 is 0 Å². The van der Waals surface area contributed by atoms with Crippen LogP contribution in [0.2, 0.25) is 0 Å². The smallest absolute Gasteiger partial charge is 0.395 e. The lowest BCUT2D eigenvalue weighted by Crippen LogP contribution is -2.50. The number of nitrogens with one attached hydrogen (secondary N) is 2. The van der Waals surface area contributed by atoms with Crippen LogP contribution < -0.4 is 20.3 Å². The number of hydrogen-bond acceptors (Lipinski definition) is 5. The first-order chi connectivity index (χ1) is 11.9. The van der Waals surface area contributed by atoms with E-state index < -0.39 is 6.29 Å². The van der Waals surface area contributed by atoms with E-state index in [4.69, 9.17) is 4.74 Å². The van der Waals surface area contributed by atoms with Gasteiger partial charge in [-0.25, -0.2) is 10.2 Å². The van der Waals surface area contributed by atoms with Gasteiger partial charge in [-0.15, -0.1) is 8.78 Å². The van der Waals surface area contributed by atoms with Crippen LogP contribution in [0.3, 0.4) is 0 Å². The summed E-state index contributed by atoms with van der Waals surface area (Å²) in [6.45, 7) is 1.19. The molecule has 3 unspecified atom stereocenters. The number of rotatable bonds is 1. The van der Waals surface area contributed by atoms with Crippen molar-refractivity contribution < 1.29 is 23.0 Å². The quantitative estimate of drug-likeness (QED) is 0.801. The zero-order chi connectivity index (χ0) is 17.8. The Kier molecular flexibility index (Phi) is 3.73. The van der Waals surface area contributed by atoms with Gasteiger partial charge in [-0.2, -0.15) is 0 Å². The number of benzene rings is 1. The number of piperidine rings is 1. The topological polar surface area (TPSA) is 66.1 Å². The lowest BCUT2D eigenvalue weighted by atomic mass is 9.85. The van der Waals surface area contributed by atoms with Gasteiger partial charge >= 0.3 is 12.3 Å². The van der Waals surface area contributed by atoms with E-state index in [1.165, 1.54) is 6.07 Å². The molecule has 7 nitrogen and oxygen atoms in total. The van der Waals surface area contributed by atoms with Crippen molar-refractivity contribution in [2.45, 2.75) is 24.8 Å². The highest BCUT2D eigenvalue weighted by Gasteiger charge is 2.48. The van der Waals surface area contributed by atoms with Crippen molar-refractivity contribution in [2.24, 2.45) is 5.92 Å². The van der Waals surface area contributed by atoms with Gasteiger partial charge in [0.1, 0.15) is 0 Å². The van der Waals surface area contributed by atoms with E-state index in [-0.39, 0.29) is 35.5 Å². The minimum Gasteiger partial charge on any atom is -0.395 e. The molecule has 3 aliphatic heterocycles. The Morgan fingerprint density at radius 3 is 2.88 bits per heavy atom. The molecule has 2 N–H and O–H groups in total. The van der Waals surface area contributed by atoms with Gasteiger partial charge in [0.15, 0.2) is 11.5 Å². The van der Waals surface area contributed by atoms with E-state index in [1.54, 1.807) is 36.0 Å². The van der Waals surface area contributed by atoms with Crippen molar-refractivity contribution in [3.05, 3.63) is 23.8 Å². The number of nitrogens with zero attached hydrogens (tertiary/aromatic N) is 2. The molecule has 2 saturated heterocycles. The Morgan fingerprint density at radius 2 is 2.12 bits per heavy atom. The fourth-order valence-electron chi connectivity index (χ4n) is 3.80. The van der Waals surface area contributed by atoms with Crippen molar-refractivity contribution in [2.75, 3.05) is 27.2 Å². The van der Waals surface area contributed by atoms with Crippen LogP contribution >= 0.6 is 0 Å². The molecule has 2 amide bonds. The zero-order valence-electron chi connectivity index (χ0n) is 14.0. The molecule has 0 bridgehead atoms. The number of carbonyl (C=O) groups excluding carboxylic acids is 1. The van der Waals surface area contributed by atoms with Gasteiger partial charge in [-0.05, 0) is 12.5 Å². The molecule has 136 valence electrons. The Morgan fingerprint density at radius 1 is 1.32 bits per heavy atom. The molecule has 0 aromatic heterocycles. The number of hydrazine groups is 1. The highest BCUT2D eigenvalue weighted by molar-refractivity contribution is 5.74. The summed E-state index contributed by atoms with van der Waals surface area (Å²) < 4.78 is 36.2. The summed E-state index contributed by atoms with van der Waals surface area (Å²) in [5, 5.41) is 0. The second kappa shape index (κ2) is 5.70. The summed E-state index contributed by atoms with van der Waals surface area (Å²) in [7, 11) is 3.43. The number of fused-ring (bicyclic) bond motifs is 2. The second-order valence-corrected chi connectivity index (χ2v) is 6.79. The number of halogens is 2. The normalized spacial score (nSPS) is 29.4. The van der Waals surface area contributed by atoms with Crippen LogP contribution in [0, 0.1) is 5.92 Å². The summed E-state index contributed by atoms with van der Waals surface area (Å²) in [4.78, 5) is 15.6. The molecule has 1 aromatic carbocycles. The Labute approximate surface area is 143 Å². The molecule has 0 aliphatic carbocycles. The van der Waals surface area contributed by atoms with Crippen LogP contribution in [-0.2, 0) is 0 Å². The van der Waals surface area contributed by atoms with E-state index in [9.17, 15) is 13.6 Å². The van der Waals surface area contributed by atoms with Gasteiger partial charge in [-0.1, -0.05) is 12.1 Å². The fourth-order valence-corrected chi connectivity index (χ4v) is 3.80. The maximum absolute atomic E-state index is 13.5. The first kappa shape index (κ1) is 16.3. The van der Waals surface area contributed by atoms with Gasteiger partial charge in [-0.3, -0.25) is 5.43 Å². The Hall–Kier alpha value is -2.13. The minimum absolute atomic E-state index is 0.0322. The highest BCUT2D eigenvalue weighted by Crippen LogP contribution is 2.47. The Bertz CT molecular complexity index is 700. The standard InChI is InChI=1S/C16H20F2N4O3/c1-21(2)15(23)22-7-6-11-10(8-22)13(20-19-11)9-4-3-5-12-14(9)25-16(17,18)24-12/h3-5,10-11,13,19-20H,6-8H2,1-2H3. The molecule has 2 fully saturated rings. The van der Waals surface area contributed by atoms with Crippen LogP contribution in [-0.4, -0.2) is 55.4 Å². The number of alkyl halides is 2. The number of amides is 2. The first-order valence-electron chi connectivity index (χ1n) is 8.22. The average molecular weight is 354 g/mol. The number of para-hydroxylation sites is 1. The third-order valence-corrected chi connectivity index (χ3v) is 4.96. The van der Waals surface area contributed by atoms with Gasteiger partial charge in [0.05, 0.1) is 6.04 Å². The van der Waals surface area contributed by atoms with Gasteiger partial charge in [0, 0.05) is 44.7 Å². The molecule has 9 heteroatoms. The maximum atomic E-state index is 13.5. The molecular formula is C16H20F2N4O3. The lowest BCUT2D eigenvalue weighted by Gasteiger charge is -2.37. The maximum Gasteiger partial charge on any atom is 0.586 e. The van der Waals surface area contributed by atoms with Crippen LogP contribution in [0.5, 0.6) is 11.5 Å². The highest BCUT2D eigenvalue weighted by atomic mass is 19.3.